The van der Waals surface area contributed by atoms with Gasteiger partial charge >= 0.3 is 0 Å². The van der Waals surface area contributed by atoms with E-state index in [1.807, 2.05) is 10.9 Å². The quantitative estimate of drug-likeness (QED) is 0.753. The van der Waals surface area contributed by atoms with E-state index in [1.165, 1.54) is 5.56 Å². The van der Waals surface area contributed by atoms with Crippen LogP contribution in [0.4, 0.5) is 0 Å². The van der Waals surface area contributed by atoms with Crippen molar-refractivity contribution in [3.8, 4) is 0 Å². The summed E-state index contributed by atoms with van der Waals surface area (Å²) in [4.78, 5) is 0. The number of nitrogens with zero attached hydrogens (tertiary/aromatic N) is 3. The molecule has 0 saturated heterocycles. The first kappa shape index (κ1) is 10.6. The zero-order chi connectivity index (χ0) is 10.5. The van der Waals surface area contributed by atoms with Gasteiger partial charge in [-0.2, -0.15) is 11.3 Å². The molecule has 0 aliphatic heterocycles. The Hall–Kier alpha value is -0.870. The average molecular weight is 242 g/mol. The predicted octanol–water partition coefficient (Wildman–Crippen LogP) is 2.36. The van der Waals surface area contributed by atoms with Crippen LogP contribution in [-0.4, -0.2) is 20.9 Å². The van der Waals surface area contributed by atoms with E-state index in [1.54, 1.807) is 11.3 Å². The van der Waals surface area contributed by atoms with Gasteiger partial charge in [-0.25, -0.2) is 0 Å². The summed E-state index contributed by atoms with van der Waals surface area (Å²) in [5, 5.41) is 12.3. The lowest BCUT2D eigenvalue weighted by Crippen LogP contribution is -2.01. The fourth-order valence-electron chi connectivity index (χ4n) is 1.34. The Labute approximate surface area is 97.7 Å². The third-order valence-corrected chi connectivity index (χ3v) is 3.07. The molecule has 15 heavy (non-hydrogen) atoms. The largest absolute Gasteiger partial charge is 0.252 e. The first-order valence-electron chi connectivity index (χ1n) is 4.84. The van der Waals surface area contributed by atoms with Crippen molar-refractivity contribution in [2.75, 3.05) is 5.88 Å². The van der Waals surface area contributed by atoms with Crippen molar-refractivity contribution in [1.82, 2.24) is 15.0 Å². The first-order valence-corrected chi connectivity index (χ1v) is 6.32. The summed E-state index contributed by atoms with van der Waals surface area (Å²) in [6.45, 7) is 0.881. The summed E-state index contributed by atoms with van der Waals surface area (Å²) in [5.41, 5.74) is 2.32. The molecule has 5 heteroatoms. The van der Waals surface area contributed by atoms with Gasteiger partial charge in [0.15, 0.2) is 0 Å². The van der Waals surface area contributed by atoms with Crippen LogP contribution in [0.15, 0.2) is 23.0 Å². The summed E-state index contributed by atoms with van der Waals surface area (Å²) in [6.07, 6.45) is 3.77. The molecule has 0 atom stereocenters. The van der Waals surface area contributed by atoms with Crippen LogP contribution in [-0.2, 0) is 19.4 Å². The zero-order valence-corrected chi connectivity index (χ0v) is 9.84. The number of halogens is 1. The fourth-order valence-corrected chi connectivity index (χ4v) is 2.23. The molecule has 2 rings (SSSR count). The maximum absolute atomic E-state index is 5.63. The average Bonchev–Trinajstić information content (AvgIpc) is 2.85. The second-order valence-electron chi connectivity index (χ2n) is 3.29. The highest BCUT2D eigenvalue weighted by Crippen LogP contribution is 2.07. The van der Waals surface area contributed by atoms with Crippen LogP contribution in [0.25, 0.3) is 0 Å². The molecule has 0 radical (unpaired) electrons. The lowest BCUT2D eigenvalue weighted by atomic mass is 10.2. The number of alkyl halides is 1. The standard InChI is InChI=1S/C10H12ClN3S/c11-4-1-10-7-14(13-12-10)5-2-9-3-6-15-8-9/h3,6-8H,1-2,4-5H2. The molecule has 0 amide bonds. The minimum Gasteiger partial charge on any atom is -0.252 e. The number of hydrogen-bond donors (Lipinski definition) is 0. The van der Waals surface area contributed by atoms with Crippen molar-refractivity contribution in [2.24, 2.45) is 0 Å². The number of thiophene rings is 1. The van der Waals surface area contributed by atoms with Crippen LogP contribution < -0.4 is 0 Å². The predicted molar refractivity (Wildman–Crippen MR) is 62.5 cm³/mol. The van der Waals surface area contributed by atoms with E-state index >= 15 is 0 Å². The monoisotopic (exact) mass is 241 g/mol. The van der Waals surface area contributed by atoms with Gasteiger partial charge in [-0.3, -0.25) is 4.68 Å². The van der Waals surface area contributed by atoms with E-state index < -0.39 is 0 Å². The minimum absolute atomic E-state index is 0.600. The van der Waals surface area contributed by atoms with Crippen molar-refractivity contribution in [2.45, 2.75) is 19.4 Å². The van der Waals surface area contributed by atoms with E-state index in [-0.39, 0.29) is 0 Å². The Morgan fingerprint density at radius 2 is 2.33 bits per heavy atom. The number of aromatic nitrogens is 3. The van der Waals surface area contributed by atoms with Gasteiger partial charge in [-0.05, 0) is 28.8 Å². The Kier molecular flexibility index (Phi) is 3.75. The number of hydrogen-bond acceptors (Lipinski definition) is 3. The van der Waals surface area contributed by atoms with Crippen LogP contribution in [0.2, 0.25) is 0 Å². The van der Waals surface area contributed by atoms with Gasteiger partial charge < -0.3 is 0 Å². The molecule has 0 unspecified atom stereocenters. The Balaban J connectivity index is 1.88. The molecule has 2 aromatic heterocycles. The molecule has 3 nitrogen and oxygen atoms in total. The second-order valence-corrected chi connectivity index (χ2v) is 4.45. The van der Waals surface area contributed by atoms with Gasteiger partial charge in [0.25, 0.3) is 0 Å². The molecule has 0 aromatic carbocycles. The van der Waals surface area contributed by atoms with E-state index in [0.717, 1.165) is 25.1 Å². The van der Waals surface area contributed by atoms with Crippen LogP contribution in [0, 0.1) is 0 Å². The third-order valence-electron chi connectivity index (χ3n) is 2.15. The van der Waals surface area contributed by atoms with Gasteiger partial charge in [-0.15, -0.1) is 16.7 Å². The van der Waals surface area contributed by atoms with Gasteiger partial charge in [0.2, 0.25) is 0 Å². The molecule has 0 aliphatic rings. The molecule has 0 bridgehead atoms. The summed E-state index contributed by atoms with van der Waals surface area (Å²) in [6, 6.07) is 2.14. The van der Waals surface area contributed by atoms with Crippen LogP contribution >= 0.6 is 22.9 Å². The van der Waals surface area contributed by atoms with Crippen LogP contribution in [0.3, 0.4) is 0 Å². The van der Waals surface area contributed by atoms with Crippen molar-refractivity contribution in [3.63, 3.8) is 0 Å². The highest BCUT2D eigenvalue weighted by molar-refractivity contribution is 7.07. The Morgan fingerprint density at radius 1 is 1.40 bits per heavy atom. The molecule has 80 valence electrons. The summed E-state index contributed by atoms with van der Waals surface area (Å²) in [7, 11) is 0. The Bertz CT molecular complexity index is 396. The first-order chi connectivity index (χ1) is 7.38. The molecular weight excluding hydrogens is 230 g/mol. The summed E-state index contributed by atoms with van der Waals surface area (Å²) < 4.78 is 1.87. The SMILES string of the molecule is ClCCc1cn(CCc2ccsc2)nn1. The molecule has 0 fully saturated rings. The van der Waals surface area contributed by atoms with E-state index in [9.17, 15) is 0 Å². The van der Waals surface area contributed by atoms with Gasteiger partial charge in [0, 0.05) is 25.0 Å². The van der Waals surface area contributed by atoms with E-state index in [0.29, 0.717) is 5.88 Å². The molecule has 2 aromatic rings. The zero-order valence-electron chi connectivity index (χ0n) is 8.27. The lowest BCUT2D eigenvalue weighted by Gasteiger charge is -1.97. The summed E-state index contributed by atoms with van der Waals surface area (Å²) >= 11 is 7.35. The van der Waals surface area contributed by atoms with Gasteiger partial charge in [-0.1, -0.05) is 5.21 Å². The fraction of sp³-hybridized carbons (Fsp3) is 0.400. The van der Waals surface area contributed by atoms with Crippen LogP contribution in [0.1, 0.15) is 11.3 Å². The van der Waals surface area contributed by atoms with Crippen LogP contribution in [0.5, 0.6) is 0 Å². The van der Waals surface area contributed by atoms with Crippen molar-refractivity contribution in [1.29, 1.82) is 0 Å². The molecule has 0 spiro atoms. The van der Waals surface area contributed by atoms with Crippen molar-refractivity contribution >= 4 is 22.9 Å². The van der Waals surface area contributed by atoms with Gasteiger partial charge in [0.1, 0.15) is 0 Å². The maximum Gasteiger partial charge on any atom is 0.0839 e. The normalized spacial score (nSPS) is 10.7. The number of rotatable bonds is 5. The smallest absolute Gasteiger partial charge is 0.0839 e. The summed E-state index contributed by atoms with van der Waals surface area (Å²) in [5.74, 6) is 0.600. The second kappa shape index (κ2) is 5.28. The highest BCUT2D eigenvalue weighted by atomic mass is 35.5. The number of aryl methyl sites for hydroxylation is 3. The molecule has 0 N–H and O–H groups in total. The molecule has 2 heterocycles. The van der Waals surface area contributed by atoms with Crippen molar-refractivity contribution < 1.29 is 0 Å². The maximum atomic E-state index is 5.63. The lowest BCUT2D eigenvalue weighted by molar-refractivity contribution is 0.589. The van der Waals surface area contributed by atoms with E-state index in [4.69, 9.17) is 11.6 Å². The molecular formula is C10H12ClN3S. The van der Waals surface area contributed by atoms with Gasteiger partial charge in [0.05, 0.1) is 5.69 Å². The highest BCUT2D eigenvalue weighted by Gasteiger charge is 2.00. The molecule has 0 saturated carbocycles. The Morgan fingerprint density at radius 3 is 3.07 bits per heavy atom. The van der Waals surface area contributed by atoms with Crippen molar-refractivity contribution in [3.05, 3.63) is 34.3 Å². The minimum atomic E-state index is 0.600. The molecule has 0 aliphatic carbocycles. The van der Waals surface area contributed by atoms with E-state index in [2.05, 4.69) is 27.1 Å². The third kappa shape index (κ3) is 3.04. The topological polar surface area (TPSA) is 30.7 Å².